The number of carbonyl (C=O) groups excluding carboxylic acids is 2. The Bertz CT molecular complexity index is 1020. The van der Waals surface area contributed by atoms with Crippen molar-refractivity contribution in [1.29, 1.82) is 0 Å². The van der Waals surface area contributed by atoms with Gasteiger partial charge < -0.3 is 15.5 Å². The normalized spacial score (nSPS) is 12.2. The number of esters is 1. The van der Waals surface area contributed by atoms with E-state index in [1.54, 1.807) is 13.8 Å². The summed E-state index contributed by atoms with van der Waals surface area (Å²) in [5.41, 5.74) is 7.98. The van der Waals surface area contributed by atoms with Crippen molar-refractivity contribution in [2.24, 2.45) is 0 Å². The van der Waals surface area contributed by atoms with Crippen molar-refractivity contribution in [1.82, 2.24) is 4.98 Å². The van der Waals surface area contributed by atoms with Gasteiger partial charge in [-0.05, 0) is 38.5 Å². The summed E-state index contributed by atoms with van der Waals surface area (Å²) in [6, 6.07) is 9.99. The molecule has 1 heterocycles. The van der Waals surface area contributed by atoms with Gasteiger partial charge in [0.05, 0.1) is 5.69 Å². The van der Waals surface area contributed by atoms with Gasteiger partial charge in [-0.15, -0.1) is 0 Å². The number of nitrogens with two attached hydrogens (primary N) is 1. The molecule has 3 N–H and O–H groups in total. The summed E-state index contributed by atoms with van der Waals surface area (Å²) in [7, 11) is 0. The second-order valence-corrected chi connectivity index (χ2v) is 6.24. The third-order valence-electron chi connectivity index (χ3n) is 4.41. The van der Waals surface area contributed by atoms with Crippen LogP contribution in [0.15, 0.2) is 36.4 Å². The van der Waals surface area contributed by atoms with Crippen LogP contribution >= 0.6 is 0 Å². The number of benzene rings is 2. The molecule has 0 radical (unpaired) electrons. The highest BCUT2D eigenvalue weighted by molar-refractivity contribution is 6.12. The molecule has 1 atom stereocenters. The van der Waals surface area contributed by atoms with Gasteiger partial charge in [0.1, 0.15) is 11.4 Å². The van der Waals surface area contributed by atoms with Crippen molar-refractivity contribution in [2.75, 3.05) is 5.73 Å². The summed E-state index contributed by atoms with van der Waals surface area (Å²) in [4.78, 5) is 28.3. The molecule has 0 bridgehead atoms. The molecule has 0 fully saturated rings. The maximum atomic E-state index is 14.0. The number of hydrogen-bond acceptors (Lipinski definition) is 4. The number of ketones is 1. The minimum atomic E-state index is -1.08. The fraction of sp³-hybridized carbons (Fsp3) is 0.200. The zero-order chi connectivity index (χ0) is 19.0. The number of rotatable bonds is 4. The monoisotopic (exact) mass is 354 g/mol. The van der Waals surface area contributed by atoms with Crippen molar-refractivity contribution in [3.05, 3.63) is 64.6 Å². The predicted molar refractivity (Wildman–Crippen MR) is 97.8 cm³/mol. The molecule has 0 saturated carbocycles. The molecule has 1 aromatic heterocycles. The van der Waals surface area contributed by atoms with Gasteiger partial charge in [-0.2, -0.15) is 0 Å². The Kier molecular flexibility index (Phi) is 4.50. The predicted octanol–water partition coefficient (Wildman–Crippen LogP) is 3.93. The number of hydrogen-bond donors (Lipinski definition) is 2. The highest BCUT2D eigenvalue weighted by atomic mass is 19.1. The van der Waals surface area contributed by atoms with E-state index in [-0.39, 0.29) is 17.0 Å². The first-order valence-corrected chi connectivity index (χ1v) is 8.18. The van der Waals surface area contributed by atoms with E-state index in [1.165, 1.54) is 13.0 Å². The molecule has 3 rings (SSSR count). The lowest BCUT2D eigenvalue weighted by molar-refractivity contribution is 0.0315. The second-order valence-electron chi connectivity index (χ2n) is 6.24. The number of ether oxygens (including phenoxy) is 1. The van der Waals surface area contributed by atoms with Gasteiger partial charge in [0, 0.05) is 22.2 Å². The largest absolute Gasteiger partial charge is 0.451 e. The number of carbonyl (C=O) groups is 2. The highest BCUT2D eigenvalue weighted by Gasteiger charge is 2.27. The maximum Gasteiger partial charge on any atom is 0.343 e. The topological polar surface area (TPSA) is 85.2 Å². The minimum Gasteiger partial charge on any atom is -0.451 e. The van der Waals surface area contributed by atoms with E-state index in [9.17, 15) is 14.0 Å². The number of Topliss-reactive ketones (excluding diaryl/α,β-unsaturated/α-hetero) is 1. The van der Waals surface area contributed by atoms with Crippen LogP contribution in [0, 0.1) is 19.7 Å². The third kappa shape index (κ3) is 2.94. The smallest absolute Gasteiger partial charge is 0.343 e. The van der Waals surface area contributed by atoms with Crippen LogP contribution < -0.4 is 5.73 Å². The van der Waals surface area contributed by atoms with Gasteiger partial charge in [-0.1, -0.05) is 24.3 Å². The van der Waals surface area contributed by atoms with E-state index in [0.29, 0.717) is 16.8 Å². The average molecular weight is 354 g/mol. The Balaban J connectivity index is 1.89. The first-order valence-electron chi connectivity index (χ1n) is 8.18. The number of nitrogen functional groups attached to an aromatic ring is 1. The van der Waals surface area contributed by atoms with Crippen LogP contribution in [0.1, 0.15) is 38.9 Å². The molecule has 134 valence electrons. The number of aryl methyl sites for hydroxylation is 2. The molecule has 0 aliphatic rings. The lowest BCUT2D eigenvalue weighted by Gasteiger charge is -2.15. The summed E-state index contributed by atoms with van der Waals surface area (Å²) in [6.45, 7) is 4.90. The number of para-hydroxylation sites is 1. The van der Waals surface area contributed by atoms with Crippen molar-refractivity contribution < 1.29 is 18.7 Å². The first-order chi connectivity index (χ1) is 12.3. The van der Waals surface area contributed by atoms with Gasteiger partial charge in [0.15, 0.2) is 6.10 Å². The number of aromatic amines is 1. The molecule has 3 aromatic rings. The number of nitrogens with one attached hydrogen (secondary N) is 1. The summed E-state index contributed by atoms with van der Waals surface area (Å²) in [6.07, 6.45) is -1.08. The van der Waals surface area contributed by atoms with Crippen LogP contribution in [0.4, 0.5) is 10.1 Å². The van der Waals surface area contributed by atoms with E-state index in [1.807, 2.05) is 24.3 Å². The molecule has 0 saturated heterocycles. The van der Waals surface area contributed by atoms with E-state index in [2.05, 4.69) is 4.98 Å². The molecule has 26 heavy (non-hydrogen) atoms. The Morgan fingerprint density at radius 3 is 2.54 bits per heavy atom. The molecular weight excluding hydrogens is 335 g/mol. The van der Waals surface area contributed by atoms with Crippen molar-refractivity contribution in [3.8, 4) is 0 Å². The van der Waals surface area contributed by atoms with E-state index < -0.39 is 17.9 Å². The summed E-state index contributed by atoms with van der Waals surface area (Å²) in [5, 5.41) is 0.749. The molecule has 6 heteroatoms. The highest BCUT2D eigenvalue weighted by Crippen LogP contribution is 2.25. The Labute approximate surface area is 150 Å². The third-order valence-corrected chi connectivity index (χ3v) is 4.41. The summed E-state index contributed by atoms with van der Waals surface area (Å²) in [5.74, 6) is -2.09. The van der Waals surface area contributed by atoms with Gasteiger partial charge >= 0.3 is 5.97 Å². The van der Waals surface area contributed by atoms with Crippen LogP contribution in [-0.2, 0) is 4.74 Å². The zero-order valence-electron chi connectivity index (χ0n) is 14.7. The average Bonchev–Trinajstić information content (AvgIpc) is 2.93. The standard InChI is InChI=1S/C20H19FN2O3/c1-10-8-9-14(21)17(18(10)22)20(25)26-12(3)19(24)16-11(2)23-15-7-5-4-6-13(15)16/h4-9,12,23H,22H2,1-3H3/t12-/m1/s1. The number of aromatic nitrogens is 1. The van der Waals surface area contributed by atoms with Gasteiger partial charge in [-0.3, -0.25) is 4.79 Å². The van der Waals surface area contributed by atoms with Crippen LogP contribution in [0.2, 0.25) is 0 Å². The molecule has 0 aliphatic heterocycles. The zero-order valence-corrected chi connectivity index (χ0v) is 14.7. The second kappa shape index (κ2) is 6.63. The quantitative estimate of drug-likeness (QED) is 0.422. The van der Waals surface area contributed by atoms with Crippen molar-refractivity contribution in [3.63, 3.8) is 0 Å². The SMILES string of the molecule is Cc1ccc(F)c(C(=O)O[C@H](C)C(=O)c2c(C)[nH]c3ccccc23)c1N. The fourth-order valence-electron chi connectivity index (χ4n) is 2.97. The molecule has 0 unspecified atom stereocenters. The van der Waals surface area contributed by atoms with Crippen LogP contribution in [-0.4, -0.2) is 22.8 Å². The van der Waals surface area contributed by atoms with Crippen LogP contribution in [0.3, 0.4) is 0 Å². The van der Waals surface area contributed by atoms with Crippen molar-refractivity contribution in [2.45, 2.75) is 26.9 Å². The molecule has 0 amide bonds. The number of anilines is 1. The fourth-order valence-corrected chi connectivity index (χ4v) is 2.97. The summed E-state index contributed by atoms with van der Waals surface area (Å²) >= 11 is 0. The number of fused-ring (bicyclic) bond motifs is 1. The van der Waals surface area contributed by atoms with Gasteiger partial charge in [0.2, 0.25) is 5.78 Å². The molecule has 0 spiro atoms. The van der Waals surface area contributed by atoms with Crippen LogP contribution in [0.5, 0.6) is 0 Å². The Hall–Kier alpha value is -3.15. The summed E-state index contributed by atoms with van der Waals surface area (Å²) < 4.78 is 19.2. The molecule has 2 aromatic carbocycles. The Morgan fingerprint density at radius 2 is 1.81 bits per heavy atom. The minimum absolute atomic E-state index is 0.0120. The lowest BCUT2D eigenvalue weighted by Crippen LogP contribution is -2.26. The van der Waals surface area contributed by atoms with E-state index in [0.717, 1.165) is 17.0 Å². The van der Waals surface area contributed by atoms with Gasteiger partial charge in [-0.25, -0.2) is 9.18 Å². The molecular formula is C20H19FN2O3. The van der Waals surface area contributed by atoms with E-state index >= 15 is 0 Å². The molecule has 0 aliphatic carbocycles. The lowest BCUT2D eigenvalue weighted by atomic mass is 10.0. The number of H-pyrrole nitrogens is 1. The van der Waals surface area contributed by atoms with Crippen LogP contribution in [0.25, 0.3) is 10.9 Å². The first kappa shape index (κ1) is 17.7. The number of halogens is 1. The van der Waals surface area contributed by atoms with Gasteiger partial charge in [0.25, 0.3) is 0 Å². The van der Waals surface area contributed by atoms with Crippen molar-refractivity contribution >= 4 is 28.3 Å². The molecule has 5 nitrogen and oxygen atoms in total. The maximum absolute atomic E-state index is 14.0. The Morgan fingerprint density at radius 1 is 1.12 bits per heavy atom. The van der Waals surface area contributed by atoms with E-state index in [4.69, 9.17) is 10.5 Å².